The molecule has 1 atom stereocenters. The van der Waals surface area contributed by atoms with Crippen LogP contribution in [-0.4, -0.2) is 23.9 Å². The predicted octanol–water partition coefficient (Wildman–Crippen LogP) is 2.08. The third kappa shape index (κ3) is 4.19. The van der Waals surface area contributed by atoms with Crippen LogP contribution in [0.4, 0.5) is 0 Å². The molecular formula is C14H22N2O. The molecule has 1 rings (SSSR count). The Kier molecular flexibility index (Phi) is 5.16. The van der Waals surface area contributed by atoms with Gasteiger partial charge in [0.1, 0.15) is 0 Å². The summed E-state index contributed by atoms with van der Waals surface area (Å²) in [6.07, 6.45) is 1.68. The molecule has 0 aliphatic rings. The van der Waals surface area contributed by atoms with Gasteiger partial charge in [-0.3, -0.25) is 4.79 Å². The standard InChI is InChI=1S/C14H22N2O/c1-4-6-13(15)14(17)16(3)10-12-8-5-7-11(2)9-12/h5,7-9,13H,4,6,10,15H2,1-3H3. The highest BCUT2D eigenvalue weighted by atomic mass is 16.2. The molecule has 1 aromatic rings. The van der Waals surface area contributed by atoms with Gasteiger partial charge in [-0.05, 0) is 18.9 Å². The SMILES string of the molecule is CCCC(N)C(=O)N(C)Cc1cccc(C)c1. The van der Waals surface area contributed by atoms with Gasteiger partial charge in [-0.25, -0.2) is 0 Å². The Balaban J connectivity index is 2.59. The van der Waals surface area contributed by atoms with E-state index in [-0.39, 0.29) is 11.9 Å². The van der Waals surface area contributed by atoms with E-state index in [2.05, 4.69) is 6.07 Å². The molecule has 3 heteroatoms. The third-order valence-corrected chi connectivity index (χ3v) is 2.80. The van der Waals surface area contributed by atoms with Gasteiger partial charge in [0.2, 0.25) is 5.91 Å². The fourth-order valence-electron chi connectivity index (χ4n) is 1.88. The second-order valence-electron chi connectivity index (χ2n) is 4.58. The van der Waals surface area contributed by atoms with Crippen molar-refractivity contribution in [3.05, 3.63) is 35.4 Å². The Hall–Kier alpha value is -1.35. The maximum Gasteiger partial charge on any atom is 0.239 e. The minimum Gasteiger partial charge on any atom is -0.340 e. The van der Waals surface area contributed by atoms with E-state index < -0.39 is 0 Å². The molecule has 1 amide bonds. The fraction of sp³-hybridized carbons (Fsp3) is 0.500. The van der Waals surface area contributed by atoms with Gasteiger partial charge < -0.3 is 10.6 Å². The Morgan fingerprint density at radius 2 is 2.18 bits per heavy atom. The fourth-order valence-corrected chi connectivity index (χ4v) is 1.88. The first-order valence-corrected chi connectivity index (χ1v) is 6.10. The number of carbonyl (C=O) groups excluding carboxylic acids is 1. The van der Waals surface area contributed by atoms with Gasteiger partial charge in [0.05, 0.1) is 6.04 Å². The van der Waals surface area contributed by atoms with Gasteiger partial charge in [0.25, 0.3) is 0 Å². The number of carbonyl (C=O) groups is 1. The van der Waals surface area contributed by atoms with E-state index in [1.165, 1.54) is 5.56 Å². The summed E-state index contributed by atoms with van der Waals surface area (Å²) >= 11 is 0. The monoisotopic (exact) mass is 234 g/mol. The van der Waals surface area contributed by atoms with Gasteiger partial charge in [-0.2, -0.15) is 0 Å². The summed E-state index contributed by atoms with van der Waals surface area (Å²) < 4.78 is 0. The zero-order valence-corrected chi connectivity index (χ0v) is 10.9. The first-order valence-electron chi connectivity index (χ1n) is 6.10. The van der Waals surface area contributed by atoms with Crippen LogP contribution in [0.5, 0.6) is 0 Å². The molecule has 17 heavy (non-hydrogen) atoms. The van der Waals surface area contributed by atoms with Crippen molar-refractivity contribution in [3.8, 4) is 0 Å². The average Bonchev–Trinajstić information content (AvgIpc) is 2.28. The van der Waals surface area contributed by atoms with Crippen LogP contribution in [0.1, 0.15) is 30.9 Å². The number of nitrogens with two attached hydrogens (primary N) is 1. The molecule has 0 aliphatic heterocycles. The van der Waals surface area contributed by atoms with Crippen LogP contribution in [0, 0.1) is 6.92 Å². The zero-order valence-electron chi connectivity index (χ0n) is 10.9. The number of amides is 1. The van der Waals surface area contributed by atoms with Crippen LogP contribution in [0.25, 0.3) is 0 Å². The molecule has 0 saturated heterocycles. The third-order valence-electron chi connectivity index (χ3n) is 2.80. The lowest BCUT2D eigenvalue weighted by Crippen LogP contribution is -2.41. The molecule has 0 spiro atoms. The number of hydrogen-bond donors (Lipinski definition) is 1. The highest BCUT2D eigenvalue weighted by Gasteiger charge is 2.16. The van der Waals surface area contributed by atoms with Crippen molar-refractivity contribution in [3.63, 3.8) is 0 Å². The van der Waals surface area contributed by atoms with Crippen LogP contribution in [0.15, 0.2) is 24.3 Å². The molecule has 0 aromatic heterocycles. The molecule has 0 radical (unpaired) electrons. The average molecular weight is 234 g/mol. The van der Waals surface area contributed by atoms with Crippen molar-refractivity contribution in [2.24, 2.45) is 5.73 Å². The Morgan fingerprint density at radius 1 is 1.47 bits per heavy atom. The lowest BCUT2D eigenvalue weighted by atomic mass is 10.1. The van der Waals surface area contributed by atoms with Gasteiger partial charge in [0.15, 0.2) is 0 Å². The predicted molar refractivity (Wildman–Crippen MR) is 70.5 cm³/mol. The van der Waals surface area contributed by atoms with Crippen molar-refractivity contribution in [1.82, 2.24) is 4.90 Å². The number of hydrogen-bond acceptors (Lipinski definition) is 2. The summed E-state index contributed by atoms with van der Waals surface area (Å²) in [7, 11) is 1.81. The van der Waals surface area contributed by atoms with Crippen LogP contribution < -0.4 is 5.73 Å². The minimum absolute atomic E-state index is 0.0216. The van der Waals surface area contributed by atoms with E-state index in [1.54, 1.807) is 11.9 Å². The molecule has 0 heterocycles. The quantitative estimate of drug-likeness (QED) is 0.848. The van der Waals surface area contributed by atoms with Gasteiger partial charge >= 0.3 is 0 Å². The first kappa shape index (κ1) is 13.7. The van der Waals surface area contributed by atoms with Crippen LogP contribution >= 0.6 is 0 Å². The Bertz CT molecular complexity index is 376. The van der Waals surface area contributed by atoms with E-state index in [0.29, 0.717) is 6.54 Å². The maximum atomic E-state index is 11.9. The van der Waals surface area contributed by atoms with E-state index in [1.807, 2.05) is 32.0 Å². The summed E-state index contributed by atoms with van der Waals surface area (Å²) in [5, 5.41) is 0. The molecule has 1 aromatic carbocycles. The zero-order chi connectivity index (χ0) is 12.8. The second kappa shape index (κ2) is 6.40. The van der Waals surface area contributed by atoms with Gasteiger partial charge in [0, 0.05) is 13.6 Å². The minimum atomic E-state index is -0.366. The lowest BCUT2D eigenvalue weighted by Gasteiger charge is -2.21. The first-order chi connectivity index (χ1) is 8.04. The molecule has 0 bridgehead atoms. The van der Waals surface area contributed by atoms with E-state index >= 15 is 0 Å². The van der Waals surface area contributed by atoms with Crippen molar-refractivity contribution in [1.29, 1.82) is 0 Å². The highest BCUT2D eigenvalue weighted by Crippen LogP contribution is 2.08. The molecular weight excluding hydrogens is 212 g/mol. The number of rotatable bonds is 5. The molecule has 94 valence electrons. The molecule has 0 saturated carbocycles. The second-order valence-corrected chi connectivity index (χ2v) is 4.58. The Morgan fingerprint density at radius 3 is 2.76 bits per heavy atom. The highest BCUT2D eigenvalue weighted by molar-refractivity contribution is 5.81. The van der Waals surface area contributed by atoms with Crippen molar-refractivity contribution >= 4 is 5.91 Å². The van der Waals surface area contributed by atoms with E-state index in [9.17, 15) is 4.79 Å². The molecule has 0 fully saturated rings. The van der Waals surface area contributed by atoms with Crippen LogP contribution in [0.3, 0.4) is 0 Å². The summed E-state index contributed by atoms with van der Waals surface area (Å²) in [5.74, 6) is 0.0216. The van der Waals surface area contributed by atoms with E-state index in [4.69, 9.17) is 5.73 Å². The maximum absolute atomic E-state index is 11.9. The molecule has 2 N–H and O–H groups in total. The number of benzene rings is 1. The number of likely N-dealkylation sites (N-methyl/N-ethyl adjacent to an activating group) is 1. The molecule has 0 aliphatic carbocycles. The van der Waals surface area contributed by atoms with Crippen molar-refractivity contribution in [2.45, 2.75) is 39.3 Å². The normalized spacial score (nSPS) is 12.2. The van der Waals surface area contributed by atoms with Crippen LogP contribution in [0.2, 0.25) is 0 Å². The van der Waals surface area contributed by atoms with Gasteiger partial charge in [-0.1, -0.05) is 43.2 Å². The summed E-state index contributed by atoms with van der Waals surface area (Å²) in [5.41, 5.74) is 8.17. The number of aryl methyl sites for hydroxylation is 1. The van der Waals surface area contributed by atoms with Gasteiger partial charge in [-0.15, -0.1) is 0 Å². The van der Waals surface area contributed by atoms with E-state index in [0.717, 1.165) is 18.4 Å². The largest absolute Gasteiger partial charge is 0.340 e. The summed E-state index contributed by atoms with van der Waals surface area (Å²) in [6, 6.07) is 7.81. The van der Waals surface area contributed by atoms with Crippen molar-refractivity contribution < 1.29 is 4.79 Å². The topological polar surface area (TPSA) is 46.3 Å². The van der Waals surface area contributed by atoms with Crippen LogP contribution in [-0.2, 0) is 11.3 Å². The summed E-state index contributed by atoms with van der Waals surface area (Å²) in [6.45, 7) is 4.71. The molecule has 3 nitrogen and oxygen atoms in total. The van der Waals surface area contributed by atoms with Crippen molar-refractivity contribution in [2.75, 3.05) is 7.05 Å². The summed E-state index contributed by atoms with van der Waals surface area (Å²) in [4.78, 5) is 13.6. The smallest absolute Gasteiger partial charge is 0.239 e. The Labute approximate surface area is 104 Å². The number of nitrogens with zero attached hydrogens (tertiary/aromatic N) is 1. The molecule has 1 unspecified atom stereocenters. The lowest BCUT2D eigenvalue weighted by molar-refractivity contribution is -0.131.